The lowest BCUT2D eigenvalue weighted by molar-refractivity contribution is -0.141. The molecule has 168 valence electrons. The number of pyridine rings is 1. The maximum Gasteiger partial charge on any atom is 0.433 e. The van der Waals surface area contributed by atoms with E-state index < -0.39 is 11.9 Å². The Morgan fingerprint density at radius 3 is 2.55 bits per heavy atom. The van der Waals surface area contributed by atoms with Crippen molar-refractivity contribution in [2.45, 2.75) is 32.9 Å². The van der Waals surface area contributed by atoms with Gasteiger partial charge >= 0.3 is 6.18 Å². The Morgan fingerprint density at radius 2 is 2.00 bits per heavy atom. The van der Waals surface area contributed by atoms with E-state index in [0.717, 1.165) is 47.0 Å². The van der Waals surface area contributed by atoms with Gasteiger partial charge in [0.1, 0.15) is 5.69 Å². The summed E-state index contributed by atoms with van der Waals surface area (Å²) >= 11 is 2.97. The van der Waals surface area contributed by atoms with E-state index in [1.54, 1.807) is 19.4 Å². The minimum atomic E-state index is -4.41. The number of hydrogen-bond donors (Lipinski definition) is 2. The molecule has 0 amide bonds. The Labute approximate surface area is 189 Å². The van der Waals surface area contributed by atoms with Gasteiger partial charge < -0.3 is 10.6 Å². The molecular weight excluding hydrogens is 443 g/mol. The summed E-state index contributed by atoms with van der Waals surface area (Å²) in [4.78, 5) is 12.1. The third-order valence-electron chi connectivity index (χ3n) is 4.29. The maximum atomic E-state index is 12.6. The molecule has 1 aliphatic rings. The van der Waals surface area contributed by atoms with Crippen LogP contribution in [-0.2, 0) is 12.6 Å². The molecule has 5 nitrogen and oxygen atoms in total. The van der Waals surface area contributed by atoms with Crippen LogP contribution in [0.5, 0.6) is 0 Å². The van der Waals surface area contributed by atoms with Gasteiger partial charge in [0.25, 0.3) is 0 Å². The highest BCUT2D eigenvalue weighted by atomic mass is 32.2. The second kappa shape index (κ2) is 11.9. The molecule has 0 unspecified atom stereocenters. The number of allylic oxidation sites excluding steroid dienone is 1. The Kier molecular flexibility index (Phi) is 9.57. The van der Waals surface area contributed by atoms with Crippen LogP contribution in [0.2, 0.25) is 0 Å². The predicted molar refractivity (Wildman–Crippen MR) is 124 cm³/mol. The van der Waals surface area contributed by atoms with Gasteiger partial charge in [-0.25, -0.2) is 9.97 Å². The number of aryl methyl sites for hydroxylation is 1. The number of halogens is 3. The summed E-state index contributed by atoms with van der Waals surface area (Å²) in [5.74, 6) is 0.927. The first-order chi connectivity index (χ1) is 14.7. The normalized spacial score (nSPS) is 14.1. The lowest BCUT2D eigenvalue weighted by Gasteiger charge is -2.16. The zero-order chi connectivity index (χ0) is 22.9. The van der Waals surface area contributed by atoms with Crippen molar-refractivity contribution in [3.05, 3.63) is 62.6 Å². The number of aliphatic imine (C=N–C) groups is 1. The summed E-state index contributed by atoms with van der Waals surface area (Å²) in [5.41, 5.74) is 2.17. The number of aromatic nitrogens is 2. The quantitative estimate of drug-likeness (QED) is 0.626. The summed E-state index contributed by atoms with van der Waals surface area (Å²) in [6, 6.07) is 2.49. The molecule has 1 fully saturated rings. The van der Waals surface area contributed by atoms with Crippen LogP contribution in [0.1, 0.15) is 41.0 Å². The van der Waals surface area contributed by atoms with Gasteiger partial charge in [-0.15, -0.1) is 23.1 Å². The SMILES string of the molecule is C=CS/C=C(\C)c1csc(Cc2ccc(C(F)(F)F)nc2C)n1.CN=C1NCCCN1. The zero-order valence-corrected chi connectivity index (χ0v) is 19.3. The van der Waals surface area contributed by atoms with Crippen molar-refractivity contribution in [3.8, 4) is 0 Å². The minimum absolute atomic E-state index is 0.381. The fourth-order valence-corrected chi connectivity index (χ4v) is 3.90. The first kappa shape index (κ1) is 24.9. The van der Waals surface area contributed by atoms with Crippen LogP contribution >= 0.6 is 23.1 Å². The summed E-state index contributed by atoms with van der Waals surface area (Å²) < 4.78 is 37.9. The Balaban J connectivity index is 0.000000357. The van der Waals surface area contributed by atoms with E-state index in [1.165, 1.54) is 35.6 Å². The van der Waals surface area contributed by atoms with Crippen LogP contribution in [0.25, 0.3) is 5.57 Å². The van der Waals surface area contributed by atoms with Gasteiger partial charge in [0.2, 0.25) is 0 Å². The highest BCUT2D eigenvalue weighted by Gasteiger charge is 2.32. The van der Waals surface area contributed by atoms with Crippen LogP contribution in [0, 0.1) is 6.92 Å². The minimum Gasteiger partial charge on any atom is -0.356 e. The van der Waals surface area contributed by atoms with Gasteiger partial charge in [-0.3, -0.25) is 4.99 Å². The number of thioether (sulfide) groups is 1. The van der Waals surface area contributed by atoms with Crippen molar-refractivity contribution in [3.63, 3.8) is 0 Å². The molecule has 0 radical (unpaired) electrons. The molecule has 3 rings (SSSR count). The molecule has 2 aromatic rings. The van der Waals surface area contributed by atoms with Crippen LogP contribution in [0.15, 0.2) is 39.9 Å². The number of nitrogens with zero attached hydrogens (tertiary/aromatic N) is 3. The molecule has 0 spiro atoms. The molecule has 0 bridgehead atoms. The van der Waals surface area contributed by atoms with Crippen molar-refractivity contribution >= 4 is 34.6 Å². The molecule has 0 aliphatic carbocycles. The van der Waals surface area contributed by atoms with Crippen LogP contribution in [0.4, 0.5) is 13.2 Å². The van der Waals surface area contributed by atoms with E-state index in [0.29, 0.717) is 12.1 Å². The van der Waals surface area contributed by atoms with E-state index >= 15 is 0 Å². The number of rotatable bonds is 5. The summed E-state index contributed by atoms with van der Waals surface area (Å²) in [5, 5.41) is 12.7. The Hall–Kier alpha value is -2.33. The average molecular weight is 470 g/mol. The first-order valence-corrected chi connectivity index (χ1v) is 11.4. The van der Waals surface area contributed by atoms with Crippen molar-refractivity contribution < 1.29 is 13.2 Å². The smallest absolute Gasteiger partial charge is 0.356 e. The van der Waals surface area contributed by atoms with Crippen molar-refractivity contribution in [1.29, 1.82) is 0 Å². The van der Waals surface area contributed by atoms with Gasteiger partial charge in [-0.2, -0.15) is 13.2 Å². The second-order valence-electron chi connectivity index (χ2n) is 6.62. The topological polar surface area (TPSA) is 62.2 Å². The fraction of sp³-hybridized carbons (Fsp3) is 0.381. The molecule has 0 atom stereocenters. The molecule has 31 heavy (non-hydrogen) atoms. The molecule has 0 saturated carbocycles. The first-order valence-electron chi connectivity index (χ1n) is 9.60. The molecule has 2 N–H and O–H groups in total. The molecule has 2 aromatic heterocycles. The summed E-state index contributed by atoms with van der Waals surface area (Å²) in [6.07, 6.45) is -2.75. The van der Waals surface area contributed by atoms with Gasteiger partial charge in [-0.05, 0) is 48.3 Å². The third-order valence-corrected chi connectivity index (χ3v) is 5.82. The van der Waals surface area contributed by atoms with Crippen molar-refractivity contribution in [1.82, 2.24) is 20.6 Å². The third kappa shape index (κ3) is 8.02. The lowest BCUT2D eigenvalue weighted by atomic mass is 10.1. The van der Waals surface area contributed by atoms with Gasteiger partial charge in [0.05, 0.1) is 10.7 Å². The standard InChI is InChI=1S/C16H15F3N2S2.C5H11N3/c1-4-22-8-10(2)13-9-23-15(21-13)7-12-5-6-14(16(17,18)19)20-11(12)3;1-6-5-7-3-2-4-8-5/h4-6,8-9H,1,7H2,2-3H3;2-4H2,1H3,(H2,6,7,8)/b10-8+;. The number of hydrogen-bond acceptors (Lipinski definition) is 5. The van der Waals surface area contributed by atoms with E-state index in [1.807, 2.05) is 17.7 Å². The summed E-state index contributed by atoms with van der Waals surface area (Å²) in [7, 11) is 1.78. The molecular formula is C21H26F3N5S2. The monoisotopic (exact) mass is 469 g/mol. The fourth-order valence-electron chi connectivity index (χ4n) is 2.60. The Morgan fingerprint density at radius 1 is 1.29 bits per heavy atom. The highest BCUT2D eigenvalue weighted by Crippen LogP contribution is 2.29. The number of thiazole rings is 1. The average Bonchev–Trinajstić information content (AvgIpc) is 3.22. The Bertz CT molecular complexity index is 927. The van der Waals surface area contributed by atoms with Crippen LogP contribution in [-0.4, -0.2) is 36.1 Å². The second-order valence-corrected chi connectivity index (χ2v) is 8.41. The maximum absolute atomic E-state index is 12.6. The van der Waals surface area contributed by atoms with E-state index in [9.17, 15) is 13.2 Å². The predicted octanol–water partition coefficient (Wildman–Crippen LogP) is 5.25. The molecule has 1 saturated heterocycles. The zero-order valence-electron chi connectivity index (χ0n) is 17.7. The largest absolute Gasteiger partial charge is 0.433 e. The summed E-state index contributed by atoms with van der Waals surface area (Å²) in [6.45, 7) is 9.29. The molecule has 3 heterocycles. The van der Waals surface area contributed by atoms with Crippen LogP contribution in [0.3, 0.4) is 0 Å². The number of guanidine groups is 1. The van der Waals surface area contributed by atoms with Crippen molar-refractivity contribution in [2.24, 2.45) is 4.99 Å². The molecule has 0 aromatic carbocycles. The lowest BCUT2D eigenvalue weighted by Crippen LogP contribution is -2.43. The molecule has 10 heteroatoms. The van der Waals surface area contributed by atoms with Gasteiger partial charge in [0.15, 0.2) is 5.96 Å². The van der Waals surface area contributed by atoms with E-state index in [-0.39, 0.29) is 0 Å². The molecule has 1 aliphatic heterocycles. The van der Waals surface area contributed by atoms with Crippen molar-refractivity contribution in [2.75, 3.05) is 20.1 Å². The highest BCUT2D eigenvalue weighted by molar-refractivity contribution is 8.05. The van der Waals surface area contributed by atoms with E-state index in [2.05, 4.69) is 32.2 Å². The van der Waals surface area contributed by atoms with Crippen LogP contribution < -0.4 is 10.6 Å². The van der Waals surface area contributed by atoms with Gasteiger partial charge in [-0.1, -0.05) is 12.6 Å². The van der Waals surface area contributed by atoms with Gasteiger partial charge in [0, 0.05) is 37.6 Å². The number of nitrogens with one attached hydrogen (secondary N) is 2. The van der Waals surface area contributed by atoms with E-state index in [4.69, 9.17) is 0 Å². The number of alkyl halides is 3.